The molecule has 0 amide bonds. The van der Waals surface area contributed by atoms with Gasteiger partial charge in [-0.25, -0.2) is 4.79 Å². The highest BCUT2D eigenvalue weighted by Gasteiger charge is 2.07. The number of carbonyl (C=O) groups is 1. The molecule has 0 unspecified atom stereocenters. The van der Waals surface area contributed by atoms with Crippen LogP contribution in [0.2, 0.25) is 0 Å². The van der Waals surface area contributed by atoms with E-state index in [1.165, 1.54) is 51.4 Å². The number of benzene rings is 1. The normalized spacial score (nSPS) is 10.5. The molecule has 0 aromatic heterocycles. The van der Waals surface area contributed by atoms with E-state index in [1.54, 1.807) is 24.3 Å². The van der Waals surface area contributed by atoms with Gasteiger partial charge in [0.1, 0.15) is 0 Å². The summed E-state index contributed by atoms with van der Waals surface area (Å²) in [7, 11) is 0. The van der Waals surface area contributed by atoms with E-state index in [0.717, 1.165) is 12.8 Å². The van der Waals surface area contributed by atoms with Crippen molar-refractivity contribution in [3.8, 4) is 0 Å². The summed E-state index contributed by atoms with van der Waals surface area (Å²) >= 11 is 5.40. The minimum Gasteiger partial charge on any atom is -0.462 e. The van der Waals surface area contributed by atoms with Crippen LogP contribution < -0.4 is 4.84 Å². The zero-order valence-corrected chi connectivity index (χ0v) is 15.0. The first-order chi connectivity index (χ1) is 11.3. The van der Waals surface area contributed by atoms with Gasteiger partial charge in [-0.2, -0.15) is 4.84 Å². The third-order valence-corrected chi connectivity index (χ3v) is 4.11. The largest absolute Gasteiger partial charge is 0.462 e. The van der Waals surface area contributed by atoms with Gasteiger partial charge in [0.15, 0.2) is 0 Å². The quantitative estimate of drug-likeness (QED) is 0.319. The summed E-state index contributed by atoms with van der Waals surface area (Å²) in [6.45, 7) is 2.73. The average molecular weight is 339 g/mol. The van der Waals surface area contributed by atoms with Gasteiger partial charge in [0, 0.05) is 11.8 Å². The Labute approximate surface area is 145 Å². The van der Waals surface area contributed by atoms with E-state index < -0.39 is 0 Å². The Hall–Kier alpha value is -1.22. The molecule has 0 fully saturated rings. The number of esters is 1. The fourth-order valence-electron chi connectivity index (χ4n) is 2.52. The van der Waals surface area contributed by atoms with Crippen molar-refractivity contribution >= 4 is 23.4 Å². The van der Waals surface area contributed by atoms with E-state index in [2.05, 4.69) is 11.8 Å². The molecule has 3 nitrogen and oxygen atoms in total. The molecule has 129 valence electrons. The number of carbonyl (C=O) groups excluding carboxylic acids is 1. The fourth-order valence-corrected chi connectivity index (χ4v) is 2.63. The van der Waals surface area contributed by atoms with Crippen LogP contribution in [-0.2, 0) is 4.74 Å². The molecule has 0 aliphatic heterocycles. The Morgan fingerprint density at radius 1 is 1.00 bits per heavy atom. The summed E-state index contributed by atoms with van der Waals surface area (Å²) in [4.78, 5) is 15.4. The van der Waals surface area contributed by atoms with Crippen LogP contribution in [0.25, 0.3) is 0 Å². The van der Waals surface area contributed by atoms with E-state index in [-0.39, 0.29) is 5.97 Å². The smallest absolute Gasteiger partial charge is 0.338 e. The second kappa shape index (κ2) is 13.2. The first kappa shape index (κ1) is 19.8. The molecule has 4 heteroatoms. The van der Waals surface area contributed by atoms with Gasteiger partial charge in [-0.1, -0.05) is 70.8 Å². The van der Waals surface area contributed by atoms with Crippen LogP contribution in [0.3, 0.4) is 0 Å². The summed E-state index contributed by atoms with van der Waals surface area (Å²) in [6.07, 6.45) is 12.7. The SMILES string of the molecule is CCCCCCCCCCCCOC(=O)c1cccc([N]Cl)c1. The molecular weight excluding hydrogens is 310 g/mol. The first-order valence-electron chi connectivity index (χ1n) is 8.87. The van der Waals surface area contributed by atoms with Gasteiger partial charge < -0.3 is 4.74 Å². The highest BCUT2D eigenvalue weighted by atomic mass is 35.5. The van der Waals surface area contributed by atoms with Crippen molar-refractivity contribution in [2.75, 3.05) is 6.61 Å². The Balaban J connectivity index is 1.99. The molecule has 0 saturated heterocycles. The minimum absolute atomic E-state index is 0.303. The molecule has 0 N–H and O–H groups in total. The second-order valence-electron chi connectivity index (χ2n) is 5.95. The maximum Gasteiger partial charge on any atom is 0.338 e. The lowest BCUT2D eigenvalue weighted by molar-refractivity contribution is 0.0497. The maximum absolute atomic E-state index is 11.9. The first-order valence-corrected chi connectivity index (χ1v) is 9.21. The van der Waals surface area contributed by atoms with Crippen LogP contribution >= 0.6 is 11.8 Å². The summed E-state index contributed by atoms with van der Waals surface area (Å²) in [6, 6.07) is 6.84. The zero-order chi connectivity index (χ0) is 16.8. The van der Waals surface area contributed by atoms with E-state index >= 15 is 0 Å². The van der Waals surface area contributed by atoms with Crippen LogP contribution in [0, 0.1) is 0 Å². The van der Waals surface area contributed by atoms with Crippen LogP contribution in [0.1, 0.15) is 81.5 Å². The topological polar surface area (TPSA) is 40.4 Å². The van der Waals surface area contributed by atoms with Gasteiger partial charge in [0.05, 0.1) is 17.9 Å². The highest BCUT2D eigenvalue weighted by Crippen LogP contribution is 2.13. The lowest BCUT2D eigenvalue weighted by Gasteiger charge is -2.06. The molecule has 0 bridgehead atoms. The van der Waals surface area contributed by atoms with Crippen molar-refractivity contribution < 1.29 is 9.53 Å². The third-order valence-electron chi connectivity index (χ3n) is 3.91. The Morgan fingerprint density at radius 2 is 1.61 bits per heavy atom. The highest BCUT2D eigenvalue weighted by molar-refractivity contribution is 6.15. The number of hydrogen-bond acceptors (Lipinski definition) is 2. The van der Waals surface area contributed by atoms with Gasteiger partial charge in [-0.05, 0) is 24.6 Å². The predicted molar refractivity (Wildman–Crippen MR) is 96.2 cm³/mol. The van der Waals surface area contributed by atoms with Gasteiger partial charge >= 0.3 is 5.97 Å². The number of ether oxygens (including phenoxy) is 1. The van der Waals surface area contributed by atoms with Crippen molar-refractivity contribution in [1.82, 2.24) is 4.84 Å². The molecule has 0 spiro atoms. The van der Waals surface area contributed by atoms with Crippen molar-refractivity contribution in [2.24, 2.45) is 0 Å². The lowest BCUT2D eigenvalue weighted by atomic mass is 10.1. The summed E-state index contributed by atoms with van der Waals surface area (Å²) in [5.74, 6) is -0.303. The molecule has 0 aliphatic carbocycles. The molecule has 0 saturated carbocycles. The number of halogens is 1. The predicted octanol–water partition coefficient (Wildman–Crippen LogP) is 6.15. The third kappa shape index (κ3) is 9.50. The molecule has 1 radical (unpaired) electrons. The summed E-state index contributed by atoms with van der Waals surface area (Å²) in [5, 5.41) is 0. The van der Waals surface area contributed by atoms with Gasteiger partial charge in [0.25, 0.3) is 0 Å². The van der Waals surface area contributed by atoms with Crippen LogP contribution in [-0.4, -0.2) is 12.6 Å². The number of rotatable bonds is 13. The standard InChI is InChI=1S/C19H29ClNO2/c1-2-3-4-5-6-7-8-9-10-11-15-23-19(22)17-13-12-14-18(16-17)21-20/h12-14,16H,2-11,15H2,1H3. The summed E-state index contributed by atoms with van der Waals surface area (Å²) in [5.41, 5.74) is 1.07. The average Bonchev–Trinajstić information content (AvgIpc) is 2.59. The zero-order valence-electron chi connectivity index (χ0n) is 14.2. The molecule has 0 aliphatic rings. The maximum atomic E-state index is 11.9. The Kier molecular flexibility index (Phi) is 11.4. The van der Waals surface area contributed by atoms with Crippen molar-refractivity contribution in [1.29, 1.82) is 0 Å². The van der Waals surface area contributed by atoms with Crippen molar-refractivity contribution in [3.05, 3.63) is 29.8 Å². The molecule has 1 aromatic carbocycles. The number of hydrogen-bond donors (Lipinski definition) is 0. The van der Waals surface area contributed by atoms with E-state index in [9.17, 15) is 4.79 Å². The Bertz CT molecular complexity index is 437. The molecule has 0 heterocycles. The number of nitrogens with zero attached hydrogens (tertiary/aromatic N) is 1. The minimum atomic E-state index is -0.303. The molecular formula is C19H29ClNO2. The van der Waals surface area contributed by atoms with Gasteiger partial charge in [-0.3, -0.25) is 0 Å². The lowest BCUT2D eigenvalue weighted by Crippen LogP contribution is -2.06. The van der Waals surface area contributed by atoms with Crippen LogP contribution in [0.5, 0.6) is 0 Å². The van der Waals surface area contributed by atoms with E-state index in [4.69, 9.17) is 16.5 Å². The van der Waals surface area contributed by atoms with Crippen LogP contribution in [0.15, 0.2) is 24.3 Å². The fraction of sp³-hybridized carbons (Fsp3) is 0.632. The number of unbranched alkanes of at least 4 members (excludes halogenated alkanes) is 9. The van der Waals surface area contributed by atoms with Crippen molar-refractivity contribution in [3.63, 3.8) is 0 Å². The molecule has 0 atom stereocenters. The Morgan fingerprint density at radius 3 is 2.22 bits per heavy atom. The molecule has 23 heavy (non-hydrogen) atoms. The van der Waals surface area contributed by atoms with Crippen LogP contribution in [0.4, 0.5) is 5.69 Å². The van der Waals surface area contributed by atoms with E-state index in [0.29, 0.717) is 17.9 Å². The van der Waals surface area contributed by atoms with Crippen molar-refractivity contribution in [2.45, 2.75) is 71.1 Å². The molecule has 1 rings (SSSR count). The summed E-state index contributed by atoms with van der Waals surface area (Å²) < 4.78 is 5.28. The second-order valence-corrected chi connectivity index (χ2v) is 6.12. The van der Waals surface area contributed by atoms with Gasteiger partial charge in [0.2, 0.25) is 0 Å². The molecule has 1 aromatic rings. The van der Waals surface area contributed by atoms with E-state index in [1.807, 2.05) is 0 Å². The monoisotopic (exact) mass is 338 g/mol. The van der Waals surface area contributed by atoms with Gasteiger partial charge in [-0.15, -0.1) is 0 Å².